The molecule has 1 heterocycles. The van der Waals surface area contributed by atoms with Crippen molar-refractivity contribution < 1.29 is 23.8 Å². The predicted molar refractivity (Wildman–Crippen MR) is 112 cm³/mol. The Morgan fingerprint density at radius 1 is 0.933 bits per heavy atom. The largest absolute Gasteiger partial charge is 0.508 e. The number of esters is 1. The van der Waals surface area contributed by atoms with Gasteiger partial charge in [-0.15, -0.1) is 0 Å². The van der Waals surface area contributed by atoms with Crippen molar-refractivity contribution in [3.8, 4) is 22.6 Å². The first-order chi connectivity index (χ1) is 14.5. The Balaban J connectivity index is 1.51. The maximum absolute atomic E-state index is 12.5. The van der Waals surface area contributed by atoms with Gasteiger partial charge in [-0.3, -0.25) is 0 Å². The maximum atomic E-state index is 12.5. The summed E-state index contributed by atoms with van der Waals surface area (Å²) in [7, 11) is 1.53. The van der Waals surface area contributed by atoms with Crippen LogP contribution in [0, 0.1) is 0 Å². The van der Waals surface area contributed by atoms with Gasteiger partial charge in [-0.2, -0.15) is 0 Å². The number of carbonyl (C=O) groups excluding carboxylic acids is 1. The Labute approximate surface area is 171 Å². The Bertz CT molecular complexity index is 1250. The summed E-state index contributed by atoms with van der Waals surface area (Å²) in [4.78, 5) is 24.3. The molecule has 150 valence electrons. The fourth-order valence-electron chi connectivity index (χ4n) is 3.14. The van der Waals surface area contributed by atoms with Crippen LogP contribution in [0.4, 0.5) is 0 Å². The number of rotatable bonds is 5. The zero-order valence-electron chi connectivity index (χ0n) is 16.1. The molecule has 0 aliphatic heterocycles. The zero-order chi connectivity index (χ0) is 21.1. The lowest BCUT2D eigenvalue weighted by atomic mass is 10.0. The van der Waals surface area contributed by atoms with Gasteiger partial charge in [0.15, 0.2) is 0 Å². The van der Waals surface area contributed by atoms with Crippen molar-refractivity contribution in [3.63, 3.8) is 0 Å². The first kappa shape index (κ1) is 19.3. The summed E-state index contributed by atoms with van der Waals surface area (Å²) in [6.07, 6.45) is 0. The molecule has 3 aromatic carbocycles. The molecule has 4 rings (SSSR count). The number of carbonyl (C=O) groups is 1. The van der Waals surface area contributed by atoms with E-state index in [2.05, 4.69) is 0 Å². The van der Waals surface area contributed by atoms with Crippen molar-refractivity contribution >= 4 is 16.9 Å². The highest BCUT2D eigenvalue weighted by Gasteiger charge is 2.12. The van der Waals surface area contributed by atoms with E-state index < -0.39 is 11.6 Å². The van der Waals surface area contributed by atoms with Gasteiger partial charge in [0.05, 0.1) is 12.7 Å². The van der Waals surface area contributed by atoms with Crippen molar-refractivity contribution in [1.29, 1.82) is 0 Å². The lowest BCUT2D eigenvalue weighted by Crippen LogP contribution is -2.08. The molecule has 6 heteroatoms. The van der Waals surface area contributed by atoms with Crippen LogP contribution in [0.15, 0.2) is 82.0 Å². The molecule has 1 aromatic heterocycles. The van der Waals surface area contributed by atoms with Gasteiger partial charge in [0.2, 0.25) is 0 Å². The van der Waals surface area contributed by atoms with Crippen molar-refractivity contribution in [1.82, 2.24) is 0 Å². The monoisotopic (exact) mass is 402 g/mol. The molecule has 0 saturated heterocycles. The van der Waals surface area contributed by atoms with E-state index in [1.54, 1.807) is 54.6 Å². The molecule has 30 heavy (non-hydrogen) atoms. The van der Waals surface area contributed by atoms with E-state index in [1.165, 1.54) is 13.2 Å². The zero-order valence-corrected chi connectivity index (χ0v) is 16.1. The second-order valence-electron chi connectivity index (χ2n) is 6.65. The Morgan fingerprint density at radius 3 is 2.27 bits per heavy atom. The molecule has 0 aliphatic rings. The van der Waals surface area contributed by atoms with Crippen LogP contribution in [0.3, 0.4) is 0 Å². The number of aromatic hydroxyl groups is 1. The molecule has 4 aromatic rings. The molecule has 6 nitrogen and oxygen atoms in total. The number of methoxy groups -OCH3 is 1. The van der Waals surface area contributed by atoms with Crippen LogP contribution in [0.5, 0.6) is 11.5 Å². The van der Waals surface area contributed by atoms with Crippen LogP contribution in [0.2, 0.25) is 0 Å². The summed E-state index contributed by atoms with van der Waals surface area (Å²) >= 11 is 0. The van der Waals surface area contributed by atoms with Gasteiger partial charge in [-0.05, 0) is 47.5 Å². The third-order valence-corrected chi connectivity index (χ3v) is 4.72. The van der Waals surface area contributed by atoms with Crippen LogP contribution in [-0.2, 0) is 11.3 Å². The number of fused-ring (bicyclic) bond motifs is 1. The summed E-state index contributed by atoms with van der Waals surface area (Å²) in [5, 5.41) is 10.1. The topological polar surface area (TPSA) is 86.0 Å². The summed E-state index contributed by atoms with van der Waals surface area (Å²) in [6.45, 7) is -0.0625. The highest BCUT2D eigenvalue weighted by Crippen LogP contribution is 2.24. The summed E-state index contributed by atoms with van der Waals surface area (Å²) in [5.41, 5.74) is 2.62. The summed E-state index contributed by atoms with van der Waals surface area (Å²) in [5.74, 6) is 0.260. The Kier molecular flexibility index (Phi) is 5.22. The van der Waals surface area contributed by atoms with E-state index >= 15 is 0 Å². The molecule has 0 amide bonds. The van der Waals surface area contributed by atoms with Gasteiger partial charge in [-0.25, -0.2) is 9.59 Å². The number of phenols is 1. The van der Waals surface area contributed by atoms with Gasteiger partial charge in [0.1, 0.15) is 23.7 Å². The Morgan fingerprint density at radius 2 is 1.60 bits per heavy atom. The van der Waals surface area contributed by atoms with Crippen LogP contribution in [0.25, 0.3) is 22.1 Å². The molecule has 0 aliphatic carbocycles. The quantitative estimate of drug-likeness (QED) is 0.390. The SMILES string of the molecule is COc1ccc2c(COC(=O)c3ccc(-c4ccc(O)cc4)cc3)cc(=O)oc2c1. The number of hydrogen-bond acceptors (Lipinski definition) is 6. The van der Waals surface area contributed by atoms with Crippen LogP contribution >= 0.6 is 0 Å². The fraction of sp³-hybridized carbons (Fsp3) is 0.0833. The minimum atomic E-state index is -0.528. The van der Waals surface area contributed by atoms with Gasteiger partial charge in [-0.1, -0.05) is 24.3 Å². The number of phenolic OH excluding ortho intramolecular Hbond substituents is 1. The van der Waals surface area contributed by atoms with E-state index in [9.17, 15) is 14.7 Å². The molecule has 0 spiro atoms. The minimum Gasteiger partial charge on any atom is -0.508 e. The summed E-state index contributed by atoms with van der Waals surface area (Å²) < 4.78 is 15.8. The normalized spacial score (nSPS) is 10.7. The van der Waals surface area contributed by atoms with E-state index in [0.29, 0.717) is 27.8 Å². The third kappa shape index (κ3) is 4.03. The highest BCUT2D eigenvalue weighted by atomic mass is 16.5. The van der Waals surface area contributed by atoms with Gasteiger partial charge in [0.25, 0.3) is 0 Å². The van der Waals surface area contributed by atoms with Gasteiger partial charge >= 0.3 is 11.6 Å². The second kappa shape index (κ2) is 8.13. The lowest BCUT2D eigenvalue weighted by molar-refractivity contribution is 0.0474. The van der Waals surface area contributed by atoms with Crippen LogP contribution < -0.4 is 10.4 Å². The average Bonchev–Trinajstić information content (AvgIpc) is 2.77. The standard InChI is InChI=1S/C24H18O6/c1-28-20-10-11-21-18(12-23(26)30-22(21)13-20)14-29-24(27)17-4-2-15(3-5-17)16-6-8-19(25)9-7-16/h2-13,25H,14H2,1H3. The first-order valence-electron chi connectivity index (χ1n) is 9.21. The van der Waals surface area contributed by atoms with E-state index in [0.717, 1.165) is 11.1 Å². The predicted octanol–water partition coefficient (Wildman–Crippen LogP) is 4.53. The maximum Gasteiger partial charge on any atom is 0.338 e. The summed E-state index contributed by atoms with van der Waals surface area (Å²) in [6, 6.07) is 20.2. The minimum absolute atomic E-state index is 0.0625. The smallest absolute Gasteiger partial charge is 0.338 e. The van der Waals surface area contributed by atoms with E-state index in [4.69, 9.17) is 13.9 Å². The van der Waals surface area contributed by atoms with Crippen molar-refractivity contribution in [3.05, 3.63) is 94.3 Å². The third-order valence-electron chi connectivity index (χ3n) is 4.72. The second-order valence-corrected chi connectivity index (χ2v) is 6.65. The molecule has 0 fully saturated rings. The van der Waals surface area contributed by atoms with Crippen LogP contribution in [-0.4, -0.2) is 18.2 Å². The fourth-order valence-corrected chi connectivity index (χ4v) is 3.14. The number of benzene rings is 3. The molecule has 0 radical (unpaired) electrons. The first-order valence-corrected chi connectivity index (χ1v) is 9.21. The van der Waals surface area contributed by atoms with E-state index in [1.807, 2.05) is 12.1 Å². The molecule has 1 N–H and O–H groups in total. The molecular formula is C24H18O6. The van der Waals surface area contributed by atoms with Crippen molar-refractivity contribution in [2.75, 3.05) is 7.11 Å². The van der Waals surface area contributed by atoms with Gasteiger partial charge < -0.3 is 19.0 Å². The van der Waals surface area contributed by atoms with Gasteiger partial charge in [0, 0.05) is 23.1 Å². The highest BCUT2D eigenvalue weighted by molar-refractivity contribution is 5.90. The Hall–Kier alpha value is -4.06. The number of ether oxygens (including phenoxy) is 2. The average molecular weight is 402 g/mol. The molecule has 0 atom stereocenters. The molecule has 0 saturated carbocycles. The van der Waals surface area contributed by atoms with Crippen LogP contribution in [0.1, 0.15) is 15.9 Å². The lowest BCUT2D eigenvalue weighted by Gasteiger charge is -2.09. The molecule has 0 unspecified atom stereocenters. The molecular weight excluding hydrogens is 384 g/mol. The van der Waals surface area contributed by atoms with Crippen molar-refractivity contribution in [2.24, 2.45) is 0 Å². The van der Waals surface area contributed by atoms with Crippen molar-refractivity contribution in [2.45, 2.75) is 6.61 Å². The number of hydrogen-bond donors (Lipinski definition) is 1. The molecule has 0 bridgehead atoms. The van der Waals surface area contributed by atoms with E-state index in [-0.39, 0.29) is 12.4 Å².